The van der Waals surface area contributed by atoms with Crippen LogP contribution in [0.4, 0.5) is 4.79 Å². The normalized spacial score (nSPS) is 14.0. The van der Waals surface area contributed by atoms with Crippen molar-refractivity contribution in [3.05, 3.63) is 59.7 Å². The quantitative estimate of drug-likeness (QED) is 0.467. The first-order valence-electron chi connectivity index (χ1n) is 11.6. The van der Waals surface area contributed by atoms with Gasteiger partial charge in [-0.25, -0.2) is 4.79 Å². The number of hydrogen-bond acceptors (Lipinski definition) is 4. The fourth-order valence-corrected chi connectivity index (χ4v) is 4.40. The van der Waals surface area contributed by atoms with Gasteiger partial charge in [0.15, 0.2) is 0 Å². The molecule has 0 aliphatic heterocycles. The molecule has 0 bridgehead atoms. The number of aliphatic carboxylic acids is 1. The zero-order valence-electron chi connectivity index (χ0n) is 19.2. The van der Waals surface area contributed by atoms with E-state index < -0.39 is 18.1 Å². The zero-order chi connectivity index (χ0) is 23.8. The summed E-state index contributed by atoms with van der Waals surface area (Å²) in [4.78, 5) is 35.9. The Morgan fingerprint density at radius 3 is 2.06 bits per heavy atom. The number of nitrogens with one attached hydrogen (secondary N) is 2. The molecule has 1 unspecified atom stereocenters. The molecule has 1 aliphatic rings. The molecule has 2 aromatic carbocycles. The molecule has 33 heavy (non-hydrogen) atoms. The lowest BCUT2D eigenvalue weighted by atomic mass is 9.98. The molecule has 2 amide bonds. The molecule has 0 saturated heterocycles. The number of hydrogen-bond donors (Lipinski definition) is 3. The Hall–Kier alpha value is -3.35. The molecule has 0 aromatic heterocycles. The summed E-state index contributed by atoms with van der Waals surface area (Å²) in [6, 6.07) is 15.5. The van der Waals surface area contributed by atoms with Gasteiger partial charge in [0.1, 0.15) is 6.61 Å². The summed E-state index contributed by atoms with van der Waals surface area (Å²) in [6.07, 6.45) is 1.33. The third-order valence-electron chi connectivity index (χ3n) is 6.01. The highest BCUT2D eigenvalue weighted by Gasteiger charge is 2.29. The summed E-state index contributed by atoms with van der Waals surface area (Å²) in [5.74, 6) is -1.26. The standard InChI is InChI=1S/C26H32N2O5/c1-3-9-18(14-24(29)27-17(4-2)15-25(30)31)28-26(32)33-16-23-21-12-7-5-10-19(21)20-11-6-8-13-22(20)23/h5-8,10-13,17-18,23H,3-4,9,14-16H2,1-2H3,(H,27,29)(H,28,32)(H,30,31)/t17?,18-/m1/s1. The number of rotatable bonds is 11. The van der Waals surface area contributed by atoms with E-state index in [4.69, 9.17) is 9.84 Å². The topological polar surface area (TPSA) is 105 Å². The highest BCUT2D eigenvalue weighted by atomic mass is 16.5. The maximum absolute atomic E-state index is 12.6. The van der Waals surface area contributed by atoms with Crippen LogP contribution in [-0.2, 0) is 14.3 Å². The van der Waals surface area contributed by atoms with Crippen molar-refractivity contribution in [3.8, 4) is 11.1 Å². The van der Waals surface area contributed by atoms with E-state index in [2.05, 4.69) is 34.9 Å². The summed E-state index contributed by atoms with van der Waals surface area (Å²) < 4.78 is 5.59. The third-order valence-corrected chi connectivity index (χ3v) is 6.01. The fourth-order valence-electron chi connectivity index (χ4n) is 4.40. The molecular formula is C26H32N2O5. The second-order valence-corrected chi connectivity index (χ2v) is 8.43. The van der Waals surface area contributed by atoms with Crippen molar-refractivity contribution >= 4 is 18.0 Å². The van der Waals surface area contributed by atoms with Gasteiger partial charge in [0.2, 0.25) is 5.91 Å². The van der Waals surface area contributed by atoms with Crippen LogP contribution in [0.15, 0.2) is 48.5 Å². The maximum atomic E-state index is 12.6. The number of carboxylic acids is 1. The van der Waals surface area contributed by atoms with Gasteiger partial charge in [-0.1, -0.05) is 68.8 Å². The summed E-state index contributed by atoms with van der Waals surface area (Å²) in [5, 5.41) is 14.5. The van der Waals surface area contributed by atoms with Crippen molar-refractivity contribution in [2.45, 2.75) is 64.0 Å². The van der Waals surface area contributed by atoms with Crippen LogP contribution in [0, 0.1) is 0 Å². The third kappa shape index (κ3) is 6.34. The van der Waals surface area contributed by atoms with Gasteiger partial charge in [0, 0.05) is 24.4 Å². The lowest BCUT2D eigenvalue weighted by Crippen LogP contribution is -2.42. The van der Waals surface area contributed by atoms with Crippen molar-refractivity contribution in [3.63, 3.8) is 0 Å². The second kappa shape index (κ2) is 11.5. The van der Waals surface area contributed by atoms with Crippen LogP contribution < -0.4 is 10.6 Å². The van der Waals surface area contributed by atoms with Crippen molar-refractivity contribution in [1.82, 2.24) is 10.6 Å². The van der Waals surface area contributed by atoms with E-state index in [9.17, 15) is 14.4 Å². The number of benzene rings is 2. The van der Waals surface area contributed by atoms with Crippen LogP contribution in [0.1, 0.15) is 63.0 Å². The molecule has 0 radical (unpaired) electrons. The fraction of sp³-hybridized carbons (Fsp3) is 0.423. The monoisotopic (exact) mass is 452 g/mol. The van der Waals surface area contributed by atoms with Gasteiger partial charge in [-0.15, -0.1) is 0 Å². The van der Waals surface area contributed by atoms with Crippen molar-refractivity contribution in [2.24, 2.45) is 0 Å². The van der Waals surface area contributed by atoms with Crippen LogP contribution in [-0.4, -0.2) is 41.8 Å². The van der Waals surface area contributed by atoms with Crippen molar-refractivity contribution in [2.75, 3.05) is 6.61 Å². The molecule has 0 spiro atoms. The molecule has 3 rings (SSSR count). The van der Waals surface area contributed by atoms with E-state index in [0.29, 0.717) is 12.8 Å². The molecule has 3 N–H and O–H groups in total. The van der Waals surface area contributed by atoms with Crippen LogP contribution in [0.25, 0.3) is 11.1 Å². The Labute approximate surface area is 194 Å². The zero-order valence-corrected chi connectivity index (χ0v) is 19.2. The average Bonchev–Trinajstić information content (AvgIpc) is 3.11. The molecular weight excluding hydrogens is 420 g/mol. The first-order chi connectivity index (χ1) is 15.9. The minimum Gasteiger partial charge on any atom is -0.481 e. The van der Waals surface area contributed by atoms with Crippen LogP contribution in [0.5, 0.6) is 0 Å². The van der Waals surface area contributed by atoms with Gasteiger partial charge in [-0.3, -0.25) is 9.59 Å². The minimum atomic E-state index is -0.955. The van der Waals surface area contributed by atoms with Gasteiger partial charge in [-0.2, -0.15) is 0 Å². The number of carboxylic acid groups (broad SMARTS) is 1. The Kier molecular flexibility index (Phi) is 8.46. The van der Waals surface area contributed by atoms with E-state index in [-0.39, 0.29) is 37.3 Å². The van der Waals surface area contributed by atoms with Gasteiger partial charge in [0.05, 0.1) is 6.42 Å². The minimum absolute atomic E-state index is 0.0302. The van der Waals surface area contributed by atoms with Crippen molar-refractivity contribution in [1.29, 1.82) is 0 Å². The Bertz CT molecular complexity index is 945. The molecule has 7 heteroatoms. The molecule has 0 fully saturated rings. The maximum Gasteiger partial charge on any atom is 0.407 e. The molecule has 0 saturated carbocycles. The highest BCUT2D eigenvalue weighted by molar-refractivity contribution is 5.80. The summed E-state index contributed by atoms with van der Waals surface area (Å²) >= 11 is 0. The lowest BCUT2D eigenvalue weighted by Gasteiger charge is -2.21. The number of carbonyl (C=O) groups excluding carboxylic acids is 2. The largest absolute Gasteiger partial charge is 0.481 e. The van der Waals surface area contributed by atoms with E-state index in [1.165, 1.54) is 0 Å². The predicted molar refractivity (Wildman–Crippen MR) is 126 cm³/mol. The van der Waals surface area contributed by atoms with Gasteiger partial charge in [0.25, 0.3) is 0 Å². The number of alkyl carbamates (subject to hydrolysis) is 1. The Balaban J connectivity index is 1.57. The molecule has 1 aliphatic carbocycles. The molecule has 176 valence electrons. The predicted octanol–water partition coefficient (Wildman–Crippen LogP) is 4.45. The van der Waals surface area contributed by atoms with Crippen LogP contribution >= 0.6 is 0 Å². The first kappa shape index (κ1) is 24.3. The Morgan fingerprint density at radius 2 is 1.52 bits per heavy atom. The number of carbonyl (C=O) groups is 3. The van der Waals surface area contributed by atoms with Gasteiger partial charge in [-0.05, 0) is 35.1 Å². The average molecular weight is 453 g/mol. The smallest absolute Gasteiger partial charge is 0.407 e. The number of amides is 2. The lowest BCUT2D eigenvalue weighted by molar-refractivity contribution is -0.137. The van der Waals surface area contributed by atoms with E-state index in [1.807, 2.05) is 38.1 Å². The van der Waals surface area contributed by atoms with Crippen LogP contribution in [0.2, 0.25) is 0 Å². The number of ether oxygens (including phenoxy) is 1. The van der Waals surface area contributed by atoms with Crippen molar-refractivity contribution < 1.29 is 24.2 Å². The molecule has 2 atom stereocenters. The second-order valence-electron chi connectivity index (χ2n) is 8.43. The Morgan fingerprint density at radius 1 is 0.909 bits per heavy atom. The summed E-state index contributed by atoms with van der Waals surface area (Å²) in [7, 11) is 0. The van der Waals surface area contributed by atoms with E-state index >= 15 is 0 Å². The SMILES string of the molecule is CCC[C@H](CC(=O)NC(CC)CC(=O)O)NC(=O)OCC1c2ccccc2-c2ccccc21. The van der Waals surface area contributed by atoms with Gasteiger partial charge < -0.3 is 20.5 Å². The first-order valence-corrected chi connectivity index (χ1v) is 11.6. The van der Waals surface area contributed by atoms with E-state index in [1.54, 1.807) is 0 Å². The van der Waals surface area contributed by atoms with Crippen LogP contribution in [0.3, 0.4) is 0 Å². The summed E-state index contributed by atoms with van der Waals surface area (Å²) in [5.41, 5.74) is 4.60. The summed E-state index contributed by atoms with van der Waals surface area (Å²) in [6.45, 7) is 4.01. The molecule has 7 nitrogen and oxygen atoms in total. The van der Waals surface area contributed by atoms with Gasteiger partial charge >= 0.3 is 12.1 Å². The number of fused-ring (bicyclic) bond motifs is 3. The molecule has 2 aromatic rings. The van der Waals surface area contributed by atoms with E-state index in [0.717, 1.165) is 28.7 Å². The molecule has 0 heterocycles. The highest BCUT2D eigenvalue weighted by Crippen LogP contribution is 2.44.